The molecule has 0 aliphatic rings. The number of rotatable bonds is 4. The average Bonchev–Trinajstić information content (AvgIpc) is 2.86. The van der Waals surface area contributed by atoms with Gasteiger partial charge in [-0.05, 0) is 32.9 Å². The van der Waals surface area contributed by atoms with Gasteiger partial charge >= 0.3 is 18.0 Å². The maximum atomic E-state index is 12.4. The number of aryl methyl sites for hydroxylation is 2. The summed E-state index contributed by atoms with van der Waals surface area (Å²) < 4.78 is 39.1. The lowest BCUT2D eigenvalue weighted by molar-refractivity contribution is -0.141. The van der Waals surface area contributed by atoms with E-state index >= 15 is 0 Å². The van der Waals surface area contributed by atoms with Gasteiger partial charge in [-0.25, -0.2) is 4.98 Å². The van der Waals surface area contributed by atoms with E-state index < -0.39 is 23.7 Å². The summed E-state index contributed by atoms with van der Waals surface area (Å²) in [6.07, 6.45) is -3.73. The van der Waals surface area contributed by atoms with Crippen molar-refractivity contribution in [2.75, 3.05) is 5.32 Å². The maximum absolute atomic E-state index is 12.4. The van der Waals surface area contributed by atoms with Crippen LogP contribution in [0.1, 0.15) is 29.6 Å². The number of pyridine rings is 1. The predicted octanol–water partition coefficient (Wildman–Crippen LogP) is 2.19. The number of amides is 2. The van der Waals surface area contributed by atoms with E-state index in [2.05, 4.69) is 20.7 Å². The van der Waals surface area contributed by atoms with Crippen LogP contribution in [0.15, 0.2) is 18.3 Å². The molecule has 2 aromatic heterocycles. The number of nitrogens with one attached hydrogen (secondary N) is 2. The van der Waals surface area contributed by atoms with E-state index in [4.69, 9.17) is 0 Å². The third-order valence-electron chi connectivity index (χ3n) is 3.77. The third kappa shape index (κ3) is 4.38. The minimum atomic E-state index is -4.57. The molecule has 10 heteroatoms. The van der Waals surface area contributed by atoms with Crippen molar-refractivity contribution in [1.82, 2.24) is 20.1 Å². The van der Waals surface area contributed by atoms with Crippen LogP contribution in [0.4, 0.5) is 18.9 Å². The largest absolute Gasteiger partial charge is 0.433 e. The zero-order valence-electron chi connectivity index (χ0n) is 14.4. The Labute approximate surface area is 147 Å². The number of anilines is 1. The van der Waals surface area contributed by atoms with Gasteiger partial charge in [-0.2, -0.15) is 18.3 Å². The van der Waals surface area contributed by atoms with E-state index in [1.54, 1.807) is 11.6 Å². The van der Waals surface area contributed by atoms with Crippen LogP contribution in [-0.4, -0.2) is 26.6 Å². The molecule has 0 atom stereocenters. The molecule has 26 heavy (non-hydrogen) atoms. The molecule has 0 saturated heterocycles. The molecule has 0 radical (unpaired) electrons. The maximum Gasteiger partial charge on any atom is 0.433 e. The SMILES string of the molecule is CCn1nc(C)c(CNC(=O)C(=O)Nc2ccc(C(F)(F)F)nc2)c1C. The summed E-state index contributed by atoms with van der Waals surface area (Å²) in [5, 5.41) is 8.98. The van der Waals surface area contributed by atoms with Crippen LogP contribution in [0.3, 0.4) is 0 Å². The Morgan fingerprint density at radius 3 is 2.38 bits per heavy atom. The molecular formula is C16H18F3N5O2. The number of hydrogen-bond acceptors (Lipinski definition) is 4. The van der Waals surface area contributed by atoms with E-state index in [0.717, 1.165) is 35.3 Å². The van der Waals surface area contributed by atoms with E-state index in [-0.39, 0.29) is 12.2 Å². The third-order valence-corrected chi connectivity index (χ3v) is 3.77. The first kappa shape index (κ1) is 19.4. The fraction of sp³-hybridized carbons (Fsp3) is 0.375. The van der Waals surface area contributed by atoms with Gasteiger partial charge in [0, 0.05) is 24.3 Å². The Morgan fingerprint density at radius 1 is 1.19 bits per heavy atom. The second-order valence-corrected chi connectivity index (χ2v) is 5.53. The molecular weight excluding hydrogens is 351 g/mol. The van der Waals surface area contributed by atoms with Gasteiger partial charge in [0.15, 0.2) is 0 Å². The number of carbonyl (C=O) groups is 2. The van der Waals surface area contributed by atoms with Gasteiger partial charge in [-0.3, -0.25) is 14.3 Å². The highest BCUT2D eigenvalue weighted by Crippen LogP contribution is 2.27. The standard InChI is InChI=1S/C16H18F3N5O2/c1-4-24-10(3)12(9(2)23-24)8-21-14(25)15(26)22-11-5-6-13(20-7-11)16(17,18)19/h5-7H,4,8H2,1-3H3,(H,21,25)(H,22,26). The normalized spacial score (nSPS) is 11.3. The first-order chi connectivity index (χ1) is 12.1. The van der Waals surface area contributed by atoms with E-state index in [1.165, 1.54) is 0 Å². The summed E-state index contributed by atoms with van der Waals surface area (Å²) in [5.41, 5.74) is 1.35. The lowest BCUT2D eigenvalue weighted by atomic mass is 10.2. The van der Waals surface area contributed by atoms with Crippen molar-refractivity contribution in [3.63, 3.8) is 0 Å². The highest BCUT2D eigenvalue weighted by Gasteiger charge is 2.32. The van der Waals surface area contributed by atoms with Crippen molar-refractivity contribution in [2.45, 2.75) is 40.0 Å². The summed E-state index contributed by atoms with van der Waals surface area (Å²) in [4.78, 5) is 27.0. The summed E-state index contributed by atoms with van der Waals surface area (Å²) >= 11 is 0. The molecule has 0 aliphatic heterocycles. The van der Waals surface area contributed by atoms with Crippen molar-refractivity contribution in [1.29, 1.82) is 0 Å². The Morgan fingerprint density at radius 2 is 1.88 bits per heavy atom. The lowest BCUT2D eigenvalue weighted by Crippen LogP contribution is -2.35. The highest BCUT2D eigenvalue weighted by molar-refractivity contribution is 6.39. The van der Waals surface area contributed by atoms with Crippen LogP contribution in [0.25, 0.3) is 0 Å². The van der Waals surface area contributed by atoms with Crippen molar-refractivity contribution in [3.05, 3.63) is 41.0 Å². The zero-order chi connectivity index (χ0) is 19.5. The number of nitrogens with zero attached hydrogens (tertiary/aromatic N) is 3. The Hall–Kier alpha value is -2.91. The first-order valence-corrected chi connectivity index (χ1v) is 7.78. The fourth-order valence-corrected chi connectivity index (χ4v) is 2.37. The number of alkyl halides is 3. The molecule has 140 valence electrons. The molecule has 2 rings (SSSR count). The van der Waals surface area contributed by atoms with Crippen LogP contribution < -0.4 is 10.6 Å². The van der Waals surface area contributed by atoms with Crippen LogP contribution in [0, 0.1) is 13.8 Å². The first-order valence-electron chi connectivity index (χ1n) is 7.78. The second kappa shape index (κ2) is 7.54. The average molecular weight is 369 g/mol. The molecule has 0 bridgehead atoms. The van der Waals surface area contributed by atoms with Crippen molar-refractivity contribution in [3.8, 4) is 0 Å². The molecule has 2 heterocycles. The summed E-state index contributed by atoms with van der Waals surface area (Å²) in [6, 6.07) is 1.75. The molecule has 2 amide bonds. The van der Waals surface area contributed by atoms with Crippen LogP contribution in [-0.2, 0) is 28.9 Å². The molecule has 0 spiro atoms. The minimum absolute atomic E-state index is 0.00989. The molecule has 0 unspecified atom stereocenters. The highest BCUT2D eigenvalue weighted by atomic mass is 19.4. The number of aromatic nitrogens is 3. The van der Waals surface area contributed by atoms with Gasteiger partial charge in [-0.15, -0.1) is 0 Å². The van der Waals surface area contributed by atoms with E-state index in [1.807, 2.05) is 13.8 Å². The summed E-state index contributed by atoms with van der Waals surface area (Å²) in [7, 11) is 0. The Kier molecular flexibility index (Phi) is 5.63. The zero-order valence-corrected chi connectivity index (χ0v) is 14.4. The topological polar surface area (TPSA) is 88.9 Å². The minimum Gasteiger partial charge on any atom is -0.344 e. The van der Waals surface area contributed by atoms with Gasteiger partial charge in [0.1, 0.15) is 5.69 Å². The quantitative estimate of drug-likeness (QED) is 0.809. The monoisotopic (exact) mass is 369 g/mol. The smallest absolute Gasteiger partial charge is 0.344 e. The van der Waals surface area contributed by atoms with Gasteiger partial charge in [0.2, 0.25) is 0 Å². The Balaban J connectivity index is 1.96. The number of carbonyl (C=O) groups excluding carboxylic acids is 2. The van der Waals surface area contributed by atoms with Crippen molar-refractivity contribution >= 4 is 17.5 Å². The summed E-state index contributed by atoms with van der Waals surface area (Å²) in [6.45, 7) is 6.40. The van der Waals surface area contributed by atoms with Gasteiger partial charge in [-0.1, -0.05) is 0 Å². The van der Waals surface area contributed by atoms with E-state index in [0.29, 0.717) is 6.54 Å². The van der Waals surface area contributed by atoms with Gasteiger partial charge in [0.25, 0.3) is 0 Å². The van der Waals surface area contributed by atoms with Gasteiger partial charge in [0.05, 0.1) is 17.6 Å². The second-order valence-electron chi connectivity index (χ2n) is 5.53. The number of hydrogen-bond donors (Lipinski definition) is 2. The van der Waals surface area contributed by atoms with Crippen molar-refractivity contribution < 1.29 is 22.8 Å². The molecule has 7 nitrogen and oxygen atoms in total. The summed E-state index contributed by atoms with van der Waals surface area (Å²) in [5.74, 6) is -1.90. The van der Waals surface area contributed by atoms with Crippen molar-refractivity contribution in [2.24, 2.45) is 0 Å². The number of halogens is 3. The molecule has 0 aliphatic carbocycles. The molecule has 2 N–H and O–H groups in total. The predicted molar refractivity (Wildman–Crippen MR) is 87.1 cm³/mol. The molecule has 0 aromatic carbocycles. The fourth-order valence-electron chi connectivity index (χ4n) is 2.37. The van der Waals surface area contributed by atoms with Crippen LogP contribution in [0.5, 0.6) is 0 Å². The molecule has 0 fully saturated rings. The van der Waals surface area contributed by atoms with Gasteiger partial charge < -0.3 is 10.6 Å². The van der Waals surface area contributed by atoms with E-state index in [9.17, 15) is 22.8 Å². The molecule has 0 saturated carbocycles. The van der Waals surface area contributed by atoms with Crippen LogP contribution >= 0.6 is 0 Å². The Bertz CT molecular complexity index is 813. The lowest BCUT2D eigenvalue weighted by Gasteiger charge is -2.08. The molecule has 2 aromatic rings. The van der Waals surface area contributed by atoms with Crippen LogP contribution in [0.2, 0.25) is 0 Å².